The Kier molecular flexibility index (Phi) is 8.27. The van der Waals surface area contributed by atoms with Gasteiger partial charge in [0.2, 0.25) is 0 Å². The Morgan fingerprint density at radius 3 is 2.45 bits per heavy atom. The number of nitrogens with one attached hydrogen (secondary N) is 1. The maximum atomic E-state index is 12.4. The first-order valence-corrected chi connectivity index (χ1v) is 11.0. The number of rotatable bonds is 6. The van der Waals surface area contributed by atoms with Gasteiger partial charge in [-0.1, -0.05) is 0 Å². The van der Waals surface area contributed by atoms with E-state index in [1.54, 1.807) is 13.0 Å². The normalized spacial score (nSPS) is 10.4. The van der Waals surface area contributed by atoms with Gasteiger partial charge in [0.15, 0.2) is 12.4 Å². The summed E-state index contributed by atoms with van der Waals surface area (Å²) in [5.41, 5.74) is 7.29. The fourth-order valence-electron chi connectivity index (χ4n) is 2.30. The van der Waals surface area contributed by atoms with Crippen LogP contribution in [0.1, 0.15) is 15.9 Å². The molecule has 12 heteroatoms. The molecule has 0 spiro atoms. The monoisotopic (exact) mass is 737 g/mol. The minimum absolute atomic E-state index is 0.00589. The van der Waals surface area contributed by atoms with Crippen LogP contribution in [0.15, 0.2) is 18.2 Å². The van der Waals surface area contributed by atoms with Gasteiger partial charge in [0, 0.05) is 25.0 Å². The number of hydrogen-bond acceptors (Lipinski definition) is 7. The summed E-state index contributed by atoms with van der Waals surface area (Å²) in [6.07, 6.45) is 0. The Bertz CT molecular complexity index is 1010. The number of nitrogens with zero attached hydrogens (tertiary/aromatic N) is 1. The molecule has 0 unspecified atom stereocenters. The molecule has 9 nitrogen and oxygen atoms in total. The van der Waals surface area contributed by atoms with Crippen molar-refractivity contribution >= 4 is 96.7 Å². The standard InChI is InChI=1S/C17H14I3N3O6/c1-7-3-11(23(26)27)12(28-2)5-10(7)22-13(24)6-29-17(25)14-8(18)4-9(19)16(21)15(14)20/h3-5H,6,21H2,1-2H3,(H,22,24). The van der Waals surface area contributed by atoms with Gasteiger partial charge in [-0.2, -0.15) is 0 Å². The number of halogens is 3. The number of ether oxygens (including phenoxy) is 2. The van der Waals surface area contributed by atoms with Crippen molar-refractivity contribution in [1.29, 1.82) is 0 Å². The molecule has 0 atom stereocenters. The Morgan fingerprint density at radius 2 is 1.86 bits per heavy atom. The third-order valence-electron chi connectivity index (χ3n) is 3.74. The molecule has 0 aromatic heterocycles. The molecular weight excluding hydrogens is 723 g/mol. The van der Waals surface area contributed by atoms with E-state index in [1.165, 1.54) is 19.2 Å². The van der Waals surface area contributed by atoms with Gasteiger partial charge in [0.1, 0.15) is 0 Å². The van der Waals surface area contributed by atoms with Crippen molar-refractivity contribution in [2.45, 2.75) is 6.92 Å². The van der Waals surface area contributed by atoms with E-state index in [0.717, 1.165) is 3.57 Å². The predicted octanol–water partition coefficient (Wildman–Crippen LogP) is 4.10. The molecule has 0 saturated carbocycles. The summed E-state index contributed by atoms with van der Waals surface area (Å²) in [4.78, 5) is 35.1. The number of nitro benzene ring substituents is 1. The molecule has 2 aromatic rings. The van der Waals surface area contributed by atoms with Crippen molar-refractivity contribution < 1.29 is 24.0 Å². The minimum Gasteiger partial charge on any atom is -0.490 e. The number of nitrogens with two attached hydrogens (primary N) is 1. The van der Waals surface area contributed by atoms with Crippen molar-refractivity contribution in [3.63, 3.8) is 0 Å². The number of aryl methyl sites for hydroxylation is 1. The molecule has 1 amide bonds. The van der Waals surface area contributed by atoms with E-state index in [1.807, 2.05) is 45.2 Å². The SMILES string of the molecule is COc1cc(NC(=O)COC(=O)c2c(I)cc(I)c(N)c2I)c(C)cc1[N+](=O)[O-]. The highest BCUT2D eigenvalue weighted by atomic mass is 127. The largest absolute Gasteiger partial charge is 0.490 e. The zero-order valence-electron chi connectivity index (χ0n) is 15.0. The first kappa shape index (κ1) is 23.8. The fourth-order valence-corrected chi connectivity index (χ4v) is 6.11. The lowest BCUT2D eigenvalue weighted by molar-refractivity contribution is -0.385. The summed E-state index contributed by atoms with van der Waals surface area (Å²) in [7, 11) is 1.29. The van der Waals surface area contributed by atoms with E-state index < -0.39 is 23.4 Å². The number of carbonyl (C=O) groups excluding carboxylic acids is 2. The Balaban J connectivity index is 2.12. The minimum atomic E-state index is -0.671. The lowest BCUT2D eigenvalue weighted by Gasteiger charge is -2.13. The maximum absolute atomic E-state index is 12.4. The van der Waals surface area contributed by atoms with Crippen LogP contribution in [0, 0.1) is 27.7 Å². The van der Waals surface area contributed by atoms with Gasteiger partial charge in [-0.25, -0.2) is 4.79 Å². The van der Waals surface area contributed by atoms with E-state index in [9.17, 15) is 19.7 Å². The van der Waals surface area contributed by atoms with Crippen LogP contribution >= 0.6 is 67.8 Å². The molecule has 0 bridgehead atoms. The number of amides is 1. The van der Waals surface area contributed by atoms with Gasteiger partial charge >= 0.3 is 11.7 Å². The van der Waals surface area contributed by atoms with Gasteiger partial charge in [0.25, 0.3) is 5.91 Å². The predicted molar refractivity (Wildman–Crippen MR) is 132 cm³/mol. The first-order valence-electron chi connectivity index (χ1n) is 7.79. The number of methoxy groups -OCH3 is 1. The highest BCUT2D eigenvalue weighted by molar-refractivity contribution is 14.1. The van der Waals surface area contributed by atoms with Crippen LogP contribution in [0.25, 0.3) is 0 Å². The quantitative estimate of drug-likeness (QED) is 0.150. The molecule has 3 N–H and O–H groups in total. The Hall–Kier alpha value is -1.43. The lowest BCUT2D eigenvalue weighted by atomic mass is 10.1. The van der Waals surface area contributed by atoms with Gasteiger partial charge < -0.3 is 20.5 Å². The van der Waals surface area contributed by atoms with Crippen molar-refractivity contribution in [3.05, 3.63) is 50.2 Å². The number of anilines is 2. The third-order valence-corrected chi connectivity index (χ3v) is 6.60. The zero-order valence-corrected chi connectivity index (χ0v) is 21.5. The molecule has 0 radical (unpaired) electrons. The Morgan fingerprint density at radius 1 is 1.21 bits per heavy atom. The second-order valence-corrected chi connectivity index (χ2v) is 9.07. The molecule has 2 aromatic carbocycles. The molecular formula is C17H14I3N3O6. The van der Waals surface area contributed by atoms with Crippen molar-refractivity contribution in [2.24, 2.45) is 0 Å². The van der Waals surface area contributed by atoms with E-state index in [-0.39, 0.29) is 11.4 Å². The van der Waals surface area contributed by atoms with Gasteiger partial charge in [-0.15, -0.1) is 0 Å². The second-order valence-electron chi connectivity index (χ2n) is 5.66. The first-order chi connectivity index (χ1) is 13.6. The van der Waals surface area contributed by atoms with Gasteiger partial charge in [0.05, 0.1) is 26.9 Å². The molecule has 0 aliphatic rings. The number of nitrogen functional groups attached to an aromatic ring is 1. The van der Waals surface area contributed by atoms with Crippen LogP contribution in [0.2, 0.25) is 0 Å². The van der Waals surface area contributed by atoms with Crippen molar-refractivity contribution in [1.82, 2.24) is 0 Å². The third kappa shape index (κ3) is 5.59. The number of hydrogen-bond donors (Lipinski definition) is 2. The molecule has 0 heterocycles. The maximum Gasteiger partial charge on any atom is 0.340 e. The summed E-state index contributed by atoms with van der Waals surface area (Å²) >= 11 is 6.04. The van der Waals surface area contributed by atoms with Crippen LogP contribution in [0.3, 0.4) is 0 Å². The average Bonchev–Trinajstić information content (AvgIpc) is 2.65. The van der Waals surface area contributed by atoms with Crippen LogP contribution in [-0.2, 0) is 9.53 Å². The molecule has 0 aliphatic carbocycles. The zero-order chi connectivity index (χ0) is 21.9. The molecule has 0 saturated heterocycles. The molecule has 0 fully saturated rings. The topological polar surface area (TPSA) is 134 Å². The smallest absolute Gasteiger partial charge is 0.340 e. The van der Waals surface area contributed by atoms with E-state index >= 15 is 0 Å². The van der Waals surface area contributed by atoms with Crippen LogP contribution < -0.4 is 15.8 Å². The lowest BCUT2D eigenvalue weighted by Crippen LogP contribution is -2.22. The summed E-state index contributed by atoms with van der Waals surface area (Å²) in [6.45, 7) is 1.07. The van der Waals surface area contributed by atoms with Crippen molar-refractivity contribution in [3.8, 4) is 5.75 Å². The summed E-state index contributed by atoms with van der Waals surface area (Å²) in [6, 6.07) is 4.39. The van der Waals surface area contributed by atoms with E-state index in [0.29, 0.717) is 29.6 Å². The van der Waals surface area contributed by atoms with Gasteiger partial charge in [-0.3, -0.25) is 14.9 Å². The molecule has 0 aliphatic heterocycles. The number of esters is 1. The van der Waals surface area contributed by atoms with Crippen LogP contribution in [0.5, 0.6) is 5.75 Å². The number of carbonyl (C=O) groups is 2. The highest BCUT2D eigenvalue weighted by Crippen LogP contribution is 2.33. The van der Waals surface area contributed by atoms with E-state index in [2.05, 4.69) is 27.9 Å². The molecule has 154 valence electrons. The van der Waals surface area contributed by atoms with E-state index in [4.69, 9.17) is 15.2 Å². The summed E-state index contributed by atoms with van der Waals surface area (Å²) in [5, 5.41) is 13.6. The van der Waals surface area contributed by atoms with Gasteiger partial charge in [-0.05, 0) is 86.3 Å². The molecule has 29 heavy (non-hydrogen) atoms. The van der Waals surface area contributed by atoms with Crippen LogP contribution in [-0.4, -0.2) is 30.5 Å². The highest BCUT2D eigenvalue weighted by Gasteiger charge is 2.22. The summed E-state index contributed by atoms with van der Waals surface area (Å²) in [5.74, 6) is -1.26. The summed E-state index contributed by atoms with van der Waals surface area (Å²) < 4.78 is 12.1. The second kappa shape index (κ2) is 10.1. The fraction of sp³-hybridized carbons (Fsp3) is 0.176. The Labute approximate surface area is 206 Å². The average molecular weight is 737 g/mol. The number of nitro groups is 1. The molecule has 2 rings (SSSR count). The van der Waals surface area contributed by atoms with Crippen LogP contribution in [0.4, 0.5) is 17.1 Å². The van der Waals surface area contributed by atoms with Crippen molar-refractivity contribution in [2.75, 3.05) is 24.8 Å². The number of benzene rings is 2.